The number of nitrogens with zero attached hydrogens (tertiary/aromatic N) is 1. The highest BCUT2D eigenvalue weighted by Crippen LogP contribution is 2.14. The maximum absolute atomic E-state index is 12.9. The lowest BCUT2D eigenvalue weighted by atomic mass is 10.2. The summed E-state index contributed by atoms with van der Waals surface area (Å²) >= 11 is 1.48. The van der Waals surface area contributed by atoms with Crippen LogP contribution >= 0.6 is 11.3 Å². The Morgan fingerprint density at radius 1 is 1.56 bits per heavy atom. The van der Waals surface area contributed by atoms with Crippen LogP contribution in [0.4, 0.5) is 10.1 Å². The van der Waals surface area contributed by atoms with Crippen LogP contribution in [0.1, 0.15) is 21.1 Å². The third-order valence-electron chi connectivity index (χ3n) is 2.25. The fraction of sp³-hybridized carbons (Fsp3) is 0.167. The average Bonchev–Trinajstić information content (AvgIpc) is 2.75. The molecule has 0 bridgehead atoms. The van der Waals surface area contributed by atoms with Crippen LogP contribution in [0.15, 0.2) is 23.6 Å². The van der Waals surface area contributed by atoms with Crippen molar-refractivity contribution in [3.8, 4) is 0 Å². The molecule has 0 aliphatic rings. The topological polar surface area (TPSA) is 65.2 Å². The van der Waals surface area contributed by atoms with Crippen LogP contribution in [0, 0.1) is 12.7 Å². The Morgan fingerprint density at radius 2 is 2.33 bits per heavy atom. The minimum atomic E-state index is -0.554. The van der Waals surface area contributed by atoms with Gasteiger partial charge in [-0.05, 0) is 25.1 Å². The van der Waals surface area contributed by atoms with Gasteiger partial charge in [0, 0.05) is 5.38 Å². The largest absolute Gasteiger partial charge is 0.456 e. The number of carbonyl (C=O) groups is 1. The van der Waals surface area contributed by atoms with Crippen molar-refractivity contribution in [1.82, 2.24) is 4.98 Å². The average molecular weight is 266 g/mol. The molecule has 0 radical (unpaired) electrons. The number of carbonyl (C=O) groups excluding carboxylic acids is 1. The van der Waals surface area contributed by atoms with E-state index in [-0.39, 0.29) is 17.9 Å². The molecule has 2 aromatic rings. The number of halogens is 1. The molecule has 18 heavy (non-hydrogen) atoms. The van der Waals surface area contributed by atoms with Gasteiger partial charge in [0.25, 0.3) is 0 Å². The van der Waals surface area contributed by atoms with E-state index in [0.717, 1.165) is 11.1 Å². The number of benzene rings is 1. The van der Waals surface area contributed by atoms with Crippen molar-refractivity contribution < 1.29 is 13.9 Å². The Bertz CT molecular complexity index is 583. The van der Waals surface area contributed by atoms with Gasteiger partial charge in [-0.15, -0.1) is 11.3 Å². The molecule has 6 heteroatoms. The predicted octanol–water partition coefficient (Wildman–Crippen LogP) is 2.53. The summed E-state index contributed by atoms with van der Waals surface area (Å²) in [5.74, 6) is -1.10. The molecule has 0 atom stereocenters. The normalized spacial score (nSPS) is 10.3. The summed E-state index contributed by atoms with van der Waals surface area (Å²) in [4.78, 5) is 15.8. The molecule has 0 amide bonds. The van der Waals surface area contributed by atoms with E-state index in [9.17, 15) is 9.18 Å². The molecule has 94 valence electrons. The number of rotatable bonds is 3. The number of esters is 1. The molecule has 0 fully saturated rings. The van der Waals surface area contributed by atoms with Crippen molar-refractivity contribution in [2.24, 2.45) is 0 Å². The summed E-state index contributed by atoms with van der Waals surface area (Å²) in [6.07, 6.45) is 0. The Labute approximate surface area is 107 Å². The lowest BCUT2D eigenvalue weighted by molar-refractivity contribution is 0.0468. The lowest BCUT2D eigenvalue weighted by Gasteiger charge is -2.04. The fourth-order valence-electron chi connectivity index (χ4n) is 1.37. The molecular formula is C12H11FN2O2S. The van der Waals surface area contributed by atoms with Crippen LogP contribution in [0.2, 0.25) is 0 Å². The fourth-order valence-corrected chi connectivity index (χ4v) is 1.97. The first kappa shape index (κ1) is 12.5. The first-order valence-electron chi connectivity index (χ1n) is 5.19. The van der Waals surface area contributed by atoms with Gasteiger partial charge < -0.3 is 10.5 Å². The Hall–Kier alpha value is -1.95. The molecule has 0 unspecified atom stereocenters. The van der Waals surface area contributed by atoms with E-state index in [2.05, 4.69) is 4.98 Å². The maximum Gasteiger partial charge on any atom is 0.338 e. The number of aryl methyl sites for hydroxylation is 1. The number of aromatic nitrogens is 1. The molecule has 0 aliphatic heterocycles. The predicted molar refractivity (Wildman–Crippen MR) is 66.8 cm³/mol. The maximum atomic E-state index is 12.9. The van der Waals surface area contributed by atoms with Crippen molar-refractivity contribution in [1.29, 1.82) is 0 Å². The second-order valence-electron chi connectivity index (χ2n) is 3.67. The van der Waals surface area contributed by atoms with Gasteiger partial charge in [-0.2, -0.15) is 0 Å². The molecule has 0 aliphatic carbocycles. The van der Waals surface area contributed by atoms with Gasteiger partial charge in [-0.1, -0.05) is 0 Å². The van der Waals surface area contributed by atoms with E-state index in [1.165, 1.54) is 23.5 Å². The molecule has 1 aromatic heterocycles. The Balaban J connectivity index is 2.01. The van der Waals surface area contributed by atoms with Crippen LogP contribution < -0.4 is 5.73 Å². The van der Waals surface area contributed by atoms with E-state index in [1.807, 2.05) is 12.3 Å². The number of ether oxygens (including phenoxy) is 1. The van der Waals surface area contributed by atoms with E-state index >= 15 is 0 Å². The van der Waals surface area contributed by atoms with E-state index < -0.39 is 11.8 Å². The third-order valence-corrected chi connectivity index (χ3v) is 3.07. The zero-order valence-electron chi connectivity index (χ0n) is 9.64. The second kappa shape index (κ2) is 5.14. The van der Waals surface area contributed by atoms with Gasteiger partial charge in [0.05, 0.1) is 22.0 Å². The molecule has 1 aromatic carbocycles. The van der Waals surface area contributed by atoms with E-state index in [1.54, 1.807) is 0 Å². The summed E-state index contributed by atoms with van der Waals surface area (Å²) in [6, 6.07) is 3.73. The zero-order chi connectivity index (χ0) is 13.1. The van der Waals surface area contributed by atoms with Crippen LogP contribution in [0.25, 0.3) is 0 Å². The quantitative estimate of drug-likeness (QED) is 0.685. The van der Waals surface area contributed by atoms with Gasteiger partial charge in [0.1, 0.15) is 12.4 Å². The molecule has 1 heterocycles. The number of thiazole rings is 1. The Morgan fingerprint density at radius 3 is 2.94 bits per heavy atom. The highest BCUT2D eigenvalue weighted by molar-refractivity contribution is 7.09. The summed E-state index contributed by atoms with van der Waals surface area (Å²) in [7, 11) is 0. The standard InChI is InChI=1S/C12H11FN2O2S/c1-7-15-9(6-18-7)5-17-12(16)8-2-3-10(13)11(14)4-8/h2-4,6H,5,14H2,1H3. The van der Waals surface area contributed by atoms with Crippen LogP contribution in [-0.2, 0) is 11.3 Å². The minimum absolute atomic E-state index is 0.0750. The van der Waals surface area contributed by atoms with Crippen LogP contribution in [0.3, 0.4) is 0 Å². The van der Waals surface area contributed by atoms with E-state index in [4.69, 9.17) is 10.5 Å². The number of nitrogens with two attached hydrogens (primary N) is 1. The number of hydrogen-bond donors (Lipinski definition) is 1. The Kier molecular flexibility index (Phi) is 3.57. The first-order valence-corrected chi connectivity index (χ1v) is 6.07. The molecular weight excluding hydrogens is 255 g/mol. The number of anilines is 1. The molecule has 0 spiro atoms. The SMILES string of the molecule is Cc1nc(COC(=O)c2ccc(F)c(N)c2)cs1. The monoisotopic (exact) mass is 266 g/mol. The smallest absolute Gasteiger partial charge is 0.338 e. The summed E-state index contributed by atoms with van der Waals surface area (Å²) < 4.78 is 18.0. The minimum Gasteiger partial charge on any atom is -0.456 e. The van der Waals surface area contributed by atoms with Crippen molar-refractivity contribution in [3.05, 3.63) is 45.7 Å². The third kappa shape index (κ3) is 2.84. The summed E-state index contributed by atoms with van der Waals surface area (Å²) in [5.41, 5.74) is 6.22. The molecule has 2 rings (SSSR count). The van der Waals surface area contributed by atoms with Gasteiger partial charge in [0.15, 0.2) is 0 Å². The molecule has 0 saturated heterocycles. The van der Waals surface area contributed by atoms with Crippen LogP contribution in [0.5, 0.6) is 0 Å². The summed E-state index contributed by atoms with van der Waals surface area (Å²) in [6.45, 7) is 1.97. The second-order valence-corrected chi connectivity index (χ2v) is 4.73. The van der Waals surface area contributed by atoms with Crippen LogP contribution in [-0.4, -0.2) is 11.0 Å². The van der Waals surface area contributed by atoms with E-state index in [0.29, 0.717) is 5.69 Å². The van der Waals surface area contributed by atoms with Gasteiger partial charge in [-0.3, -0.25) is 0 Å². The number of hydrogen-bond acceptors (Lipinski definition) is 5. The lowest BCUT2D eigenvalue weighted by Crippen LogP contribution is -2.06. The number of nitrogen functional groups attached to an aromatic ring is 1. The summed E-state index contributed by atoms with van der Waals surface area (Å²) in [5, 5.41) is 2.73. The first-order chi connectivity index (χ1) is 8.56. The molecule has 4 nitrogen and oxygen atoms in total. The van der Waals surface area contributed by atoms with Gasteiger partial charge in [0.2, 0.25) is 0 Å². The molecule has 0 saturated carbocycles. The van der Waals surface area contributed by atoms with Crippen molar-refractivity contribution in [2.45, 2.75) is 13.5 Å². The van der Waals surface area contributed by atoms with Gasteiger partial charge in [-0.25, -0.2) is 14.2 Å². The van der Waals surface area contributed by atoms with Crippen molar-refractivity contribution >= 4 is 23.0 Å². The molecule has 2 N–H and O–H groups in total. The van der Waals surface area contributed by atoms with Crippen molar-refractivity contribution in [3.63, 3.8) is 0 Å². The van der Waals surface area contributed by atoms with Crippen molar-refractivity contribution in [2.75, 3.05) is 5.73 Å². The highest BCUT2D eigenvalue weighted by Gasteiger charge is 2.10. The highest BCUT2D eigenvalue weighted by atomic mass is 32.1. The van der Waals surface area contributed by atoms with Gasteiger partial charge >= 0.3 is 5.97 Å². The zero-order valence-corrected chi connectivity index (χ0v) is 10.5.